The van der Waals surface area contributed by atoms with Crippen molar-refractivity contribution in [3.8, 4) is 0 Å². The molecule has 0 aliphatic carbocycles. The van der Waals surface area contributed by atoms with Gasteiger partial charge in [0.25, 0.3) is 0 Å². The Balaban J connectivity index is 3.27. The Labute approximate surface area is 149 Å². The molecule has 0 aromatic heterocycles. The smallest absolute Gasteiger partial charge is 0.121 e. The lowest BCUT2D eigenvalue weighted by atomic mass is 10.0. The Kier molecular flexibility index (Phi) is 8.19. The second kappa shape index (κ2) is 9.39. The molecule has 3 atom stereocenters. The SMILES string of the molecule is CCC(C1=CC(C(CC)N(C)C)=NN(C(CC)N(C)C)N1)N(C)C. The number of nitrogens with zero attached hydrogens (tertiary/aromatic N) is 5. The highest BCUT2D eigenvalue weighted by atomic mass is 15.7. The summed E-state index contributed by atoms with van der Waals surface area (Å²) in [6.45, 7) is 6.65. The Bertz CT molecular complexity index is 441. The van der Waals surface area contributed by atoms with Gasteiger partial charge in [0.1, 0.15) is 6.17 Å². The fourth-order valence-electron chi connectivity index (χ4n) is 3.44. The van der Waals surface area contributed by atoms with Crippen LogP contribution in [-0.2, 0) is 0 Å². The second-order valence-electron chi connectivity index (χ2n) is 7.21. The quantitative estimate of drug-likeness (QED) is 0.696. The summed E-state index contributed by atoms with van der Waals surface area (Å²) in [6.07, 6.45) is 5.58. The highest BCUT2D eigenvalue weighted by Crippen LogP contribution is 2.19. The van der Waals surface area contributed by atoms with Crippen LogP contribution in [0.25, 0.3) is 0 Å². The van der Waals surface area contributed by atoms with Crippen LogP contribution >= 0.6 is 0 Å². The molecule has 0 amide bonds. The average Bonchev–Trinajstić information content (AvgIpc) is 2.48. The number of hydrogen-bond acceptors (Lipinski definition) is 6. The molecule has 6 nitrogen and oxygen atoms in total. The molecule has 0 spiro atoms. The number of hydrazone groups is 1. The topological polar surface area (TPSA) is 37.4 Å². The lowest BCUT2D eigenvalue weighted by molar-refractivity contribution is 0.0354. The number of hydrogen-bond donors (Lipinski definition) is 1. The third kappa shape index (κ3) is 4.94. The first-order valence-corrected chi connectivity index (χ1v) is 9.11. The van der Waals surface area contributed by atoms with Gasteiger partial charge in [-0.2, -0.15) is 10.2 Å². The van der Waals surface area contributed by atoms with E-state index in [1.54, 1.807) is 0 Å². The summed E-state index contributed by atoms with van der Waals surface area (Å²) in [5, 5.41) is 7.00. The Morgan fingerprint density at radius 2 is 1.42 bits per heavy atom. The lowest BCUT2D eigenvalue weighted by Gasteiger charge is -2.40. The van der Waals surface area contributed by atoms with E-state index in [0.717, 1.165) is 25.0 Å². The molecule has 0 saturated carbocycles. The van der Waals surface area contributed by atoms with E-state index < -0.39 is 0 Å². The van der Waals surface area contributed by atoms with E-state index in [9.17, 15) is 0 Å². The highest BCUT2D eigenvalue weighted by Gasteiger charge is 2.28. The van der Waals surface area contributed by atoms with Crippen LogP contribution in [0.5, 0.6) is 0 Å². The predicted octanol–water partition coefficient (Wildman–Crippen LogP) is 2.02. The molecule has 0 fully saturated rings. The average molecular weight is 339 g/mol. The van der Waals surface area contributed by atoms with E-state index in [0.29, 0.717) is 12.1 Å². The number of rotatable bonds is 9. The molecule has 0 bridgehead atoms. The minimum atomic E-state index is 0.225. The Hall–Kier alpha value is -1.11. The van der Waals surface area contributed by atoms with Crippen LogP contribution < -0.4 is 5.43 Å². The minimum Gasteiger partial charge on any atom is -0.301 e. The van der Waals surface area contributed by atoms with Crippen LogP contribution in [-0.4, -0.2) is 86.1 Å². The molecule has 1 N–H and O–H groups in total. The molecule has 1 rings (SSSR count). The van der Waals surface area contributed by atoms with E-state index in [1.165, 1.54) is 5.70 Å². The van der Waals surface area contributed by atoms with Crippen LogP contribution in [0.3, 0.4) is 0 Å². The summed E-state index contributed by atoms with van der Waals surface area (Å²) in [7, 11) is 12.7. The molecule has 1 heterocycles. The van der Waals surface area contributed by atoms with E-state index in [1.807, 2.05) is 5.12 Å². The van der Waals surface area contributed by atoms with Gasteiger partial charge in [0, 0.05) is 0 Å². The van der Waals surface area contributed by atoms with Crippen LogP contribution in [0.2, 0.25) is 0 Å². The van der Waals surface area contributed by atoms with Crippen molar-refractivity contribution in [2.24, 2.45) is 5.10 Å². The third-order valence-corrected chi connectivity index (χ3v) is 4.73. The summed E-state index contributed by atoms with van der Waals surface area (Å²) < 4.78 is 0. The van der Waals surface area contributed by atoms with Crippen LogP contribution in [0.1, 0.15) is 40.0 Å². The van der Waals surface area contributed by atoms with Crippen molar-refractivity contribution in [1.82, 2.24) is 25.2 Å². The first-order valence-electron chi connectivity index (χ1n) is 9.11. The molecule has 1 aliphatic rings. The minimum absolute atomic E-state index is 0.225. The molecule has 0 aromatic rings. The first kappa shape index (κ1) is 20.9. The van der Waals surface area contributed by atoms with Crippen molar-refractivity contribution < 1.29 is 0 Å². The van der Waals surface area contributed by atoms with Gasteiger partial charge in [-0.25, -0.2) is 0 Å². The van der Waals surface area contributed by atoms with E-state index in [2.05, 4.69) is 89.3 Å². The fourth-order valence-corrected chi connectivity index (χ4v) is 3.44. The molecular weight excluding hydrogens is 300 g/mol. The molecular formula is C18H38N6. The zero-order chi connectivity index (χ0) is 18.4. The van der Waals surface area contributed by atoms with Crippen LogP contribution in [0.4, 0.5) is 0 Å². The Morgan fingerprint density at radius 3 is 1.79 bits per heavy atom. The molecule has 3 unspecified atom stereocenters. The summed E-state index contributed by atoms with van der Waals surface area (Å²) in [6, 6.07) is 0.682. The monoisotopic (exact) mass is 338 g/mol. The van der Waals surface area contributed by atoms with Gasteiger partial charge in [-0.3, -0.25) is 10.3 Å². The van der Waals surface area contributed by atoms with E-state index in [-0.39, 0.29) is 6.17 Å². The van der Waals surface area contributed by atoms with Gasteiger partial charge in [-0.1, -0.05) is 20.8 Å². The van der Waals surface area contributed by atoms with Crippen molar-refractivity contribution in [3.63, 3.8) is 0 Å². The van der Waals surface area contributed by atoms with Crippen molar-refractivity contribution >= 4 is 5.71 Å². The Morgan fingerprint density at radius 1 is 0.875 bits per heavy atom. The molecule has 140 valence electrons. The summed E-state index contributed by atoms with van der Waals surface area (Å²) in [4.78, 5) is 6.74. The van der Waals surface area contributed by atoms with Gasteiger partial charge in [0.05, 0.1) is 23.5 Å². The summed E-state index contributed by atoms with van der Waals surface area (Å²) in [5.74, 6) is 0. The summed E-state index contributed by atoms with van der Waals surface area (Å²) >= 11 is 0. The van der Waals surface area contributed by atoms with Crippen LogP contribution in [0.15, 0.2) is 16.9 Å². The van der Waals surface area contributed by atoms with Gasteiger partial charge < -0.3 is 9.80 Å². The zero-order valence-corrected chi connectivity index (χ0v) is 17.2. The molecule has 0 radical (unpaired) electrons. The van der Waals surface area contributed by atoms with Gasteiger partial charge in [-0.05, 0) is 67.6 Å². The fraction of sp³-hybridized carbons (Fsp3) is 0.833. The number of hydrazine groups is 1. The lowest BCUT2D eigenvalue weighted by Crippen LogP contribution is -2.54. The van der Waals surface area contributed by atoms with Crippen molar-refractivity contribution in [2.75, 3.05) is 42.3 Å². The van der Waals surface area contributed by atoms with E-state index in [4.69, 9.17) is 5.10 Å². The van der Waals surface area contributed by atoms with E-state index >= 15 is 0 Å². The van der Waals surface area contributed by atoms with Gasteiger partial charge in [-0.15, -0.1) is 0 Å². The summed E-state index contributed by atoms with van der Waals surface area (Å²) in [5.41, 5.74) is 5.94. The van der Waals surface area contributed by atoms with Crippen molar-refractivity contribution in [3.05, 3.63) is 11.8 Å². The standard InChI is InChI=1S/C18H38N6/c1-10-16(21(4)5)14-13-15(17(11-2)22(6)7)20-24(19-14)18(12-3)23(8)9/h13,16-19H,10-12H2,1-9H3. The normalized spacial score (nSPS) is 19.2. The number of likely N-dealkylation sites (N-methyl/N-ethyl adjacent to an activating group) is 1. The molecule has 6 heteroatoms. The largest absolute Gasteiger partial charge is 0.301 e. The molecule has 0 aromatic carbocycles. The van der Waals surface area contributed by atoms with Crippen LogP contribution in [0, 0.1) is 0 Å². The second-order valence-corrected chi connectivity index (χ2v) is 7.21. The van der Waals surface area contributed by atoms with Gasteiger partial charge in [0.2, 0.25) is 0 Å². The third-order valence-electron chi connectivity index (χ3n) is 4.73. The highest BCUT2D eigenvalue weighted by molar-refractivity contribution is 6.00. The maximum absolute atomic E-state index is 4.95. The maximum atomic E-state index is 4.95. The van der Waals surface area contributed by atoms with Gasteiger partial charge in [0.15, 0.2) is 0 Å². The number of nitrogens with one attached hydrogen (secondary N) is 1. The molecule has 1 aliphatic heterocycles. The zero-order valence-electron chi connectivity index (χ0n) is 17.2. The van der Waals surface area contributed by atoms with Gasteiger partial charge >= 0.3 is 0 Å². The van der Waals surface area contributed by atoms with Crippen molar-refractivity contribution in [2.45, 2.75) is 58.3 Å². The molecule has 24 heavy (non-hydrogen) atoms. The molecule has 0 saturated heterocycles. The maximum Gasteiger partial charge on any atom is 0.121 e. The predicted molar refractivity (Wildman–Crippen MR) is 104 cm³/mol. The van der Waals surface area contributed by atoms with Crippen molar-refractivity contribution in [1.29, 1.82) is 0 Å². The first-order chi connectivity index (χ1) is 11.3.